The molecule has 138 valence electrons. The summed E-state index contributed by atoms with van der Waals surface area (Å²) in [6, 6.07) is 18.3. The Morgan fingerprint density at radius 1 is 1.11 bits per heavy atom. The predicted octanol–water partition coefficient (Wildman–Crippen LogP) is 4.80. The minimum atomic E-state index is 0.0189. The molecular formula is C25H21NO2. The second-order valence-electron chi connectivity index (χ2n) is 7.67. The highest BCUT2D eigenvalue weighted by molar-refractivity contribution is 5.98. The summed E-state index contributed by atoms with van der Waals surface area (Å²) in [6.45, 7) is 5.13. The van der Waals surface area contributed by atoms with Crippen molar-refractivity contribution in [3.05, 3.63) is 84.0 Å². The Hall–Kier alpha value is -3.33. The maximum Gasteiger partial charge on any atom is 0.245 e. The highest BCUT2D eigenvalue weighted by Crippen LogP contribution is 2.38. The number of phenolic OH excluding ortho intramolecular Hbond substituents is 1. The van der Waals surface area contributed by atoms with E-state index in [0.29, 0.717) is 5.92 Å². The van der Waals surface area contributed by atoms with Crippen molar-refractivity contribution in [1.29, 1.82) is 0 Å². The number of hydrogen-bond donors (Lipinski definition) is 1. The van der Waals surface area contributed by atoms with E-state index in [2.05, 4.69) is 36.9 Å². The second kappa shape index (κ2) is 6.38. The zero-order valence-corrected chi connectivity index (χ0v) is 15.6. The van der Waals surface area contributed by atoms with Gasteiger partial charge in [-0.15, -0.1) is 0 Å². The van der Waals surface area contributed by atoms with Crippen molar-refractivity contribution in [2.45, 2.75) is 6.42 Å². The van der Waals surface area contributed by atoms with Crippen molar-refractivity contribution in [3.8, 4) is 16.9 Å². The smallest absolute Gasteiger partial charge is 0.245 e. The zero-order valence-electron chi connectivity index (χ0n) is 15.6. The number of likely N-dealkylation sites (tertiary alicyclic amines) is 1. The van der Waals surface area contributed by atoms with E-state index in [-0.39, 0.29) is 11.7 Å². The van der Waals surface area contributed by atoms with Gasteiger partial charge < -0.3 is 10.0 Å². The van der Waals surface area contributed by atoms with Gasteiger partial charge in [0.15, 0.2) is 0 Å². The number of carbonyl (C=O) groups is 1. The van der Waals surface area contributed by atoms with E-state index >= 15 is 0 Å². The molecule has 0 radical (unpaired) electrons. The third-order valence-corrected chi connectivity index (χ3v) is 5.93. The average molecular weight is 367 g/mol. The van der Waals surface area contributed by atoms with E-state index in [1.54, 1.807) is 6.07 Å². The first-order chi connectivity index (χ1) is 13.6. The first kappa shape index (κ1) is 16.8. The van der Waals surface area contributed by atoms with Crippen LogP contribution in [-0.2, 0) is 11.2 Å². The van der Waals surface area contributed by atoms with Gasteiger partial charge in [-0.05, 0) is 63.7 Å². The molecule has 3 heteroatoms. The largest absolute Gasteiger partial charge is 0.508 e. The lowest BCUT2D eigenvalue weighted by atomic mass is 9.90. The molecular weight excluding hydrogens is 346 g/mol. The number of nitrogens with zero attached hydrogens (tertiary/aromatic N) is 1. The van der Waals surface area contributed by atoms with Crippen molar-refractivity contribution >= 4 is 22.8 Å². The van der Waals surface area contributed by atoms with Crippen LogP contribution in [-0.4, -0.2) is 29.0 Å². The van der Waals surface area contributed by atoms with Crippen molar-refractivity contribution in [2.75, 3.05) is 13.1 Å². The van der Waals surface area contributed by atoms with Crippen LogP contribution in [0.1, 0.15) is 11.1 Å². The van der Waals surface area contributed by atoms with Gasteiger partial charge in [0.05, 0.1) is 0 Å². The molecule has 2 aliphatic rings. The van der Waals surface area contributed by atoms with E-state index in [4.69, 9.17) is 0 Å². The highest BCUT2D eigenvalue weighted by atomic mass is 16.3. The van der Waals surface area contributed by atoms with E-state index < -0.39 is 0 Å². The maximum atomic E-state index is 11.7. The molecule has 1 fully saturated rings. The van der Waals surface area contributed by atoms with Crippen LogP contribution in [0.3, 0.4) is 0 Å². The molecule has 1 aliphatic carbocycles. The quantitative estimate of drug-likeness (QED) is 0.676. The van der Waals surface area contributed by atoms with Gasteiger partial charge >= 0.3 is 0 Å². The Bertz CT molecular complexity index is 1150. The van der Waals surface area contributed by atoms with Crippen molar-refractivity contribution in [3.63, 3.8) is 0 Å². The molecule has 0 bridgehead atoms. The molecule has 3 aromatic rings. The standard InChI is InChI=1S/C25H21NO2/c1-2-25(28)26-14-21(15-26)20-9-16-7-8-18(10-19(16)11-20)24-13-22(27)12-17-5-3-4-6-23(17)24/h2-8,10-13,21,27H,1,9,14-15H2. The molecule has 1 aliphatic heterocycles. The van der Waals surface area contributed by atoms with Gasteiger partial charge in [0.1, 0.15) is 5.75 Å². The third kappa shape index (κ3) is 2.71. The average Bonchev–Trinajstić information content (AvgIpc) is 3.08. The number of aromatic hydroxyl groups is 1. The maximum absolute atomic E-state index is 11.7. The summed E-state index contributed by atoms with van der Waals surface area (Å²) < 4.78 is 0. The molecule has 3 aromatic carbocycles. The topological polar surface area (TPSA) is 40.5 Å². The molecule has 0 spiro atoms. The molecule has 3 nitrogen and oxygen atoms in total. The highest BCUT2D eigenvalue weighted by Gasteiger charge is 2.33. The summed E-state index contributed by atoms with van der Waals surface area (Å²) in [4.78, 5) is 13.5. The minimum Gasteiger partial charge on any atom is -0.508 e. The van der Waals surface area contributed by atoms with Crippen LogP contribution in [0.15, 0.2) is 72.8 Å². The third-order valence-electron chi connectivity index (χ3n) is 5.93. The van der Waals surface area contributed by atoms with Crippen molar-refractivity contribution < 1.29 is 9.90 Å². The van der Waals surface area contributed by atoms with Crippen LogP contribution in [0.5, 0.6) is 5.75 Å². The summed E-state index contributed by atoms with van der Waals surface area (Å²) in [5, 5.41) is 12.3. The lowest BCUT2D eigenvalue weighted by Gasteiger charge is -2.39. The molecule has 0 aromatic heterocycles. The summed E-state index contributed by atoms with van der Waals surface area (Å²) in [7, 11) is 0. The molecule has 5 rings (SSSR count). The van der Waals surface area contributed by atoms with Gasteiger partial charge in [-0.2, -0.15) is 0 Å². The van der Waals surface area contributed by atoms with Crippen molar-refractivity contribution in [1.82, 2.24) is 4.90 Å². The summed E-state index contributed by atoms with van der Waals surface area (Å²) in [6.07, 6.45) is 4.63. The van der Waals surface area contributed by atoms with Crippen LogP contribution in [0.2, 0.25) is 0 Å². The van der Waals surface area contributed by atoms with Gasteiger partial charge in [0.2, 0.25) is 5.91 Å². The normalized spacial score (nSPS) is 15.9. The van der Waals surface area contributed by atoms with Crippen LogP contribution in [0, 0.1) is 5.92 Å². The number of carbonyl (C=O) groups excluding carboxylic acids is 1. The number of benzene rings is 3. The van der Waals surface area contributed by atoms with Gasteiger partial charge in [-0.3, -0.25) is 4.79 Å². The Morgan fingerprint density at radius 2 is 1.93 bits per heavy atom. The van der Waals surface area contributed by atoms with Crippen LogP contribution < -0.4 is 0 Å². The Labute approximate surface area is 164 Å². The first-order valence-corrected chi connectivity index (χ1v) is 9.59. The molecule has 1 saturated heterocycles. The molecule has 0 atom stereocenters. The summed E-state index contributed by atoms with van der Waals surface area (Å²) >= 11 is 0. The number of fused-ring (bicyclic) bond motifs is 2. The fourth-order valence-electron chi connectivity index (χ4n) is 4.35. The molecule has 0 saturated carbocycles. The van der Waals surface area contributed by atoms with Gasteiger partial charge in [-0.25, -0.2) is 0 Å². The Kier molecular flexibility index (Phi) is 3.83. The van der Waals surface area contributed by atoms with E-state index in [1.807, 2.05) is 29.2 Å². The summed E-state index contributed by atoms with van der Waals surface area (Å²) in [5.41, 5.74) is 6.14. The fraction of sp³-hybridized carbons (Fsp3) is 0.160. The van der Waals surface area contributed by atoms with Crippen LogP contribution >= 0.6 is 0 Å². The van der Waals surface area contributed by atoms with E-state index in [9.17, 15) is 9.90 Å². The predicted molar refractivity (Wildman–Crippen MR) is 113 cm³/mol. The van der Waals surface area contributed by atoms with E-state index in [1.165, 1.54) is 22.8 Å². The van der Waals surface area contributed by atoms with Crippen molar-refractivity contribution in [2.24, 2.45) is 5.92 Å². The zero-order chi connectivity index (χ0) is 19.3. The molecule has 1 N–H and O–H groups in total. The number of hydrogen-bond acceptors (Lipinski definition) is 2. The lowest BCUT2D eigenvalue weighted by molar-refractivity contribution is -0.131. The van der Waals surface area contributed by atoms with Gasteiger partial charge in [-0.1, -0.05) is 54.6 Å². The summed E-state index contributed by atoms with van der Waals surface area (Å²) in [5.74, 6) is 0.749. The molecule has 28 heavy (non-hydrogen) atoms. The second-order valence-corrected chi connectivity index (χ2v) is 7.67. The van der Waals surface area contributed by atoms with Crippen LogP contribution in [0.4, 0.5) is 0 Å². The number of amides is 1. The van der Waals surface area contributed by atoms with Gasteiger partial charge in [0, 0.05) is 19.0 Å². The number of phenols is 1. The van der Waals surface area contributed by atoms with E-state index in [0.717, 1.165) is 41.4 Å². The minimum absolute atomic E-state index is 0.0189. The monoisotopic (exact) mass is 367 g/mol. The molecule has 0 unspecified atom stereocenters. The molecule has 1 amide bonds. The Morgan fingerprint density at radius 3 is 2.75 bits per heavy atom. The van der Waals surface area contributed by atoms with Gasteiger partial charge in [0.25, 0.3) is 0 Å². The fourth-order valence-corrected chi connectivity index (χ4v) is 4.35. The SMILES string of the molecule is C=CC(=O)N1CC(C2=Cc3cc(-c4cc(O)cc5ccccc45)ccc3C2)C1. The van der Waals surface area contributed by atoms with Crippen LogP contribution in [0.25, 0.3) is 28.0 Å². The lowest BCUT2D eigenvalue weighted by Crippen LogP contribution is -2.50. The molecule has 1 heterocycles. The Balaban J connectivity index is 1.47. The first-order valence-electron chi connectivity index (χ1n) is 9.59. The number of rotatable bonds is 3.